The number of hydrogen-bond donors (Lipinski definition) is 1. The van der Waals surface area contributed by atoms with E-state index in [2.05, 4.69) is 48.2 Å². The number of nitrogens with zero attached hydrogens (tertiary/aromatic N) is 2. The summed E-state index contributed by atoms with van der Waals surface area (Å²) in [6, 6.07) is 13.0. The molecule has 1 aromatic heterocycles. The van der Waals surface area contributed by atoms with Crippen molar-refractivity contribution in [2.45, 2.75) is 52.4 Å². The van der Waals surface area contributed by atoms with Crippen LogP contribution in [-0.2, 0) is 17.8 Å². The van der Waals surface area contributed by atoms with E-state index in [1.807, 2.05) is 37.0 Å². The molecule has 0 aliphatic carbocycles. The fraction of sp³-hybridized carbons (Fsp3) is 0.500. The summed E-state index contributed by atoms with van der Waals surface area (Å²) in [7, 11) is 0. The van der Waals surface area contributed by atoms with Crippen molar-refractivity contribution in [1.82, 2.24) is 9.80 Å². The van der Waals surface area contributed by atoms with Gasteiger partial charge < -0.3 is 15.4 Å². The van der Waals surface area contributed by atoms with E-state index in [0.29, 0.717) is 13.1 Å². The Hall–Kier alpha value is -1.89. The molecule has 1 aliphatic heterocycles. The van der Waals surface area contributed by atoms with Crippen LogP contribution in [0.2, 0.25) is 0 Å². The second-order valence-corrected chi connectivity index (χ2v) is 9.60. The third-order valence-electron chi connectivity index (χ3n) is 4.83. The molecule has 1 fully saturated rings. The van der Waals surface area contributed by atoms with Crippen LogP contribution in [0.15, 0.2) is 36.4 Å². The Labute approximate surface area is 172 Å². The van der Waals surface area contributed by atoms with Gasteiger partial charge in [-0.1, -0.05) is 18.2 Å². The maximum atomic E-state index is 12.4. The first kappa shape index (κ1) is 20.8. The predicted octanol–water partition coefficient (Wildman–Crippen LogP) is 4.32. The van der Waals surface area contributed by atoms with E-state index in [1.54, 1.807) is 0 Å². The highest BCUT2D eigenvalue weighted by atomic mass is 32.1. The van der Waals surface area contributed by atoms with Gasteiger partial charge in [0, 0.05) is 48.5 Å². The van der Waals surface area contributed by atoms with Crippen LogP contribution in [-0.4, -0.2) is 47.2 Å². The molecular weight excluding hydrogens is 370 g/mol. The molecule has 1 aromatic carbocycles. The first-order chi connectivity index (χ1) is 13.2. The molecule has 0 saturated carbocycles. The molecule has 0 spiro atoms. The van der Waals surface area contributed by atoms with Crippen molar-refractivity contribution in [2.75, 3.05) is 19.6 Å². The molecule has 5 nitrogen and oxygen atoms in total. The molecule has 1 aliphatic rings. The molecule has 1 saturated heterocycles. The van der Waals surface area contributed by atoms with E-state index >= 15 is 0 Å². The maximum Gasteiger partial charge on any atom is 0.410 e. The minimum absolute atomic E-state index is 0.143. The van der Waals surface area contributed by atoms with Crippen LogP contribution in [0.1, 0.15) is 38.1 Å². The SMILES string of the molecule is C[C@H]1CN(Cc2ccc(-c3cccc(CN)c3)s2)CCN1C(=O)OC(C)(C)C. The molecule has 3 rings (SSSR count). The van der Waals surface area contributed by atoms with Gasteiger partial charge in [-0.15, -0.1) is 11.3 Å². The summed E-state index contributed by atoms with van der Waals surface area (Å²) < 4.78 is 5.53. The summed E-state index contributed by atoms with van der Waals surface area (Å²) in [5, 5.41) is 0. The topological polar surface area (TPSA) is 58.8 Å². The zero-order valence-electron chi connectivity index (χ0n) is 17.3. The van der Waals surface area contributed by atoms with Crippen LogP contribution in [0.5, 0.6) is 0 Å². The average Bonchev–Trinajstić information content (AvgIpc) is 3.09. The first-order valence-electron chi connectivity index (χ1n) is 9.85. The number of thiophene rings is 1. The summed E-state index contributed by atoms with van der Waals surface area (Å²) in [5.41, 5.74) is 7.69. The highest BCUT2D eigenvalue weighted by molar-refractivity contribution is 7.15. The fourth-order valence-corrected chi connectivity index (χ4v) is 4.51. The standard InChI is InChI=1S/C22H31N3O2S/c1-16-14-24(10-11-25(16)21(26)27-22(2,3)4)15-19-8-9-20(28-19)18-7-5-6-17(12-18)13-23/h5-9,12,16H,10-11,13-15,23H2,1-4H3/t16-/m0/s1. The van der Waals surface area contributed by atoms with Gasteiger partial charge in [0.25, 0.3) is 0 Å². The first-order valence-corrected chi connectivity index (χ1v) is 10.7. The van der Waals surface area contributed by atoms with Crippen LogP contribution in [0.3, 0.4) is 0 Å². The van der Waals surface area contributed by atoms with E-state index in [4.69, 9.17) is 10.5 Å². The van der Waals surface area contributed by atoms with Crippen molar-refractivity contribution in [3.63, 3.8) is 0 Å². The zero-order chi connectivity index (χ0) is 20.3. The van der Waals surface area contributed by atoms with E-state index < -0.39 is 5.60 Å². The minimum atomic E-state index is -0.456. The van der Waals surface area contributed by atoms with Crippen LogP contribution in [0, 0.1) is 0 Å². The lowest BCUT2D eigenvalue weighted by Gasteiger charge is -2.40. The number of carbonyl (C=O) groups excluding carboxylic acids is 1. The van der Waals surface area contributed by atoms with E-state index in [9.17, 15) is 4.79 Å². The van der Waals surface area contributed by atoms with Gasteiger partial charge in [-0.05, 0) is 57.0 Å². The minimum Gasteiger partial charge on any atom is -0.444 e. The number of benzene rings is 1. The Kier molecular flexibility index (Phi) is 6.43. The van der Waals surface area contributed by atoms with Gasteiger partial charge in [-0.25, -0.2) is 4.79 Å². The Morgan fingerprint density at radius 3 is 2.71 bits per heavy atom. The third-order valence-corrected chi connectivity index (χ3v) is 5.95. The number of piperazine rings is 1. The molecule has 2 N–H and O–H groups in total. The smallest absolute Gasteiger partial charge is 0.410 e. The quantitative estimate of drug-likeness (QED) is 0.829. The van der Waals surface area contributed by atoms with E-state index in [1.165, 1.54) is 15.3 Å². The van der Waals surface area contributed by atoms with Crippen LogP contribution in [0.4, 0.5) is 4.79 Å². The number of carbonyl (C=O) groups is 1. The van der Waals surface area contributed by atoms with Crippen LogP contribution in [0.25, 0.3) is 10.4 Å². The summed E-state index contributed by atoms with van der Waals surface area (Å²) in [5.74, 6) is 0. The van der Waals surface area contributed by atoms with Crippen molar-refractivity contribution in [3.8, 4) is 10.4 Å². The van der Waals surface area contributed by atoms with Gasteiger partial charge in [0.1, 0.15) is 5.60 Å². The number of rotatable bonds is 4. The third kappa shape index (κ3) is 5.34. The lowest BCUT2D eigenvalue weighted by atomic mass is 10.1. The highest BCUT2D eigenvalue weighted by Gasteiger charge is 2.30. The second kappa shape index (κ2) is 8.64. The van der Waals surface area contributed by atoms with E-state index in [-0.39, 0.29) is 12.1 Å². The van der Waals surface area contributed by atoms with Crippen molar-refractivity contribution < 1.29 is 9.53 Å². The van der Waals surface area contributed by atoms with Gasteiger partial charge in [0.2, 0.25) is 0 Å². The van der Waals surface area contributed by atoms with Crippen molar-refractivity contribution in [3.05, 3.63) is 46.8 Å². The van der Waals surface area contributed by atoms with E-state index in [0.717, 1.165) is 25.2 Å². The molecular formula is C22H31N3O2S. The molecule has 0 radical (unpaired) electrons. The Morgan fingerprint density at radius 1 is 1.25 bits per heavy atom. The zero-order valence-corrected chi connectivity index (χ0v) is 18.1. The maximum absolute atomic E-state index is 12.4. The fourth-order valence-electron chi connectivity index (χ4n) is 3.46. The van der Waals surface area contributed by atoms with Gasteiger partial charge in [0.05, 0.1) is 0 Å². The molecule has 2 heterocycles. The molecule has 2 aromatic rings. The normalized spacial score (nSPS) is 18.3. The molecule has 6 heteroatoms. The van der Waals surface area contributed by atoms with Crippen LogP contribution >= 0.6 is 11.3 Å². The Balaban J connectivity index is 1.59. The number of amides is 1. The molecule has 28 heavy (non-hydrogen) atoms. The second-order valence-electron chi connectivity index (χ2n) is 8.43. The largest absolute Gasteiger partial charge is 0.444 e. The van der Waals surface area contributed by atoms with Crippen molar-refractivity contribution in [2.24, 2.45) is 5.73 Å². The molecule has 1 amide bonds. The monoisotopic (exact) mass is 401 g/mol. The van der Waals surface area contributed by atoms with Crippen molar-refractivity contribution >= 4 is 17.4 Å². The molecule has 0 unspecified atom stereocenters. The van der Waals surface area contributed by atoms with Gasteiger partial charge in [-0.2, -0.15) is 0 Å². The lowest BCUT2D eigenvalue weighted by Crippen LogP contribution is -2.54. The number of nitrogens with two attached hydrogens (primary N) is 1. The average molecular weight is 402 g/mol. The molecule has 1 atom stereocenters. The Morgan fingerprint density at radius 2 is 2.04 bits per heavy atom. The lowest BCUT2D eigenvalue weighted by molar-refractivity contribution is 0.000667. The summed E-state index contributed by atoms with van der Waals surface area (Å²) in [4.78, 5) is 19.2. The summed E-state index contributed by atoms with van der Waals surface area (Å²) >= 11 is 1.83. The summed E-state index contributed by atoms with van der Waals surface area (Å²) in [6.07, 6.45) is -0.210. The van der Waals surface area contributed by atoms with Crippen LogP contribution < -0.4 is 5.73 Å². The Bertz CT molecular complexity index is 812. The highest BCUT2D eigenvalue weighted by Crippen LogP contribution is 2.30. The van der Waals surface area contributed by atoms with Crippen molar-refractivity contribution in [1.29, 1.82) is 0 Å². The number of hydrogen-bond acceptors (Lipinski definition) is 5. The summed E-state index contributed by atoms with van der Waals surface area (Å²) in [6.45, 7) is 11.7. The van der Waals surface area contributed by atoms with Gasteiger partial charge in [0.15, 0.2) is 0 Å². The molecule has 152 valence electrons. The van der Waals surface area contributed by atoms with Gasteiger partial charge >= 0.3 is 6.09 Å². The number of ether oxygens (including phenoxy) is 1. The molecule has 0 bridgehead atoms. The van der Waals surface area contributed by atoms with Gasteiger partial charge in [-0.3, -0.25) is 4.90 Å². The predicted molar refractivity (Wildman–Crippen MR) is 115 cm³/mol.